The number of nitrogens with zero attached hydrogens (tertiary/aromatic N) is 3. The van der Waals surface area contributed by atoms with Gasteiger partial charge in [-0.15, -0.1) is 10.2 Å². The van der Waals surface area contributed by atoms with Crippen LogP contribution in [0.3, 0.4) is 0 Å². The second-order valence-electron chi connectivity index (χ2n) is 9.07. The summed E-state index contributed by atoms with van der Waals surface area (Å²) in [6.07, 6.45) is 6.58. The molecule has 0 amide bonds. The van der Waals surface area contributed by atoms with E-state index in [1.54, 1.807) is 14.2 Å². The third kappa shape index (κ3) is 5.50. The normalized spacial score (nSPS) is 14.8. The average Bonchev–Trinajstić information content (AvgIpc) is 2.94. The highest BCUT2D eigenvalue weighted by Crippen LogP contribution is 2.33. The maximum absolute atomic E-state index is 5.52. The summed E-state index contributed by atoms with van der Waals surface area (Å²) >= 11 is 0. The summed E-state index contributed by atoms with van der Waals surface area (Å²) in [7, 11) is 3.36. The maximum Gasteiger partial charge on any atom is 0.156 e. The van der Waals surface area contributed by atoms with E-state index in [-0.39, 0.29) is 0 Å². The number of nitrogens with one attached hydrogen (secondary N) is 1. The van der Waals surface area contributed by atoms with E-state index in [0.717, 1.165) is 71.8 Å². The Morgan fingerprint density at radius 3 is 2.31 bits per heavy atom. The molecule has 0 radical (unpaired) electrons. The maximum atomic E-state index is 5.52. The van der Waals surface area contributed by atoms with Gasteiger partial charge in [-0.1, -0.05) is 42.5 Å². The highest BCUT2D eigenvalue weighted by Gasteiger charge is 2.20. The summed E-state index contributed by atoms with van der Waals surface area (Å²) in [5.74, 6) is 2.43. The molecule has 6 heteroatoms. The van der Waals surface area contributed by atoms with Gasteiger partial charge in [0.15, 0.2) is 5.82 Å². The molecule has 0 bridgehead atoms. The van der Waals surface area contributed by atoms with Crippen molar-refractivity contribution >= 4 is 22.7 Å². The Morgan fingerprint density at radius 1 is 0.861 bits per heavy atom. The van der Waals surface area contributed by atoms with Crippen molar-refractivity contribution in [3.63, 3.8) is 0 Å². The number of hydrogen-bond acceptors (Lipinski definition) is 6. The summed E-state index contributed by atoms with van der Waals surface area (Å²) in [6.45, 7) is 3.07. The highest BCUT2D eigenvalue weighted by molar-refractivity contribution is 6.00. The van der Waals surface area contributed by atoms with Crippen molar-refractivity contribution in [2.45, 2.75) is 18.9 Å². The molecule has 0 atom stereocenters. The van der Waals surface area contributed by atoms with E-state index in [0.29, 0.717) is 6.04 Å². The van der Waals surface area contributed by atoms with Gasteiger partial charge in [-0.25, -0.2) is 0 Å². The molecule has 5 rings (SSSR count). The highest BCUT2D eigenvalue weighted by atomic mass is 16.5. The Morgan fingerprint density at radius 2 is 1.58 bits per heavy atom. The Kier molecular flexibility index (Phi) is 7.43. The van der Waals surface area contributed by atoms with Crippen molar-refractivity contribution in [3.05, 3.63) is 84.4 Å². The van der Waals surface area contributed by atoms with Gasteiger partial charge in [0, 0.05) is 42.0 Å². The molecule has 1 saturated heterocycles. The van der Waals surface area contributed by atoms with Crippen LogP contribution in [0.1, 0.15) is 18.4 Å². The fraction of sp³-hybridized carbons (Fsp3) is 0.267. The summed E-state index contributed by atoms with van der Waals surface area (Å²) in [5, 5.41) is 15.0. The molecule has 184 valence electrons. The minimum atomic E-state index is 0.356. The van der Waals surface area contributed by atoms with Crippen molar-refractivity contribution < 1.29 is 9.47 Å². The predicted octanol–water partition coefficient (Wildman–Crippen LogP) is 5.90. The summed E-state index contributed by atoms with van der Waals surface area (Å²) in [5.41, 5.74) is 3.09. The minimum absolute atomic E-state index is 0.356. The van der Waals surface area contributed by atoms with Gasteiger partial charge in [0.2, 0.25) is 0 Å². The summed E-state index contributed by atoms with van der Waals surface area (Å²) in [4.78, 5) is 2.50. The van der Waals surface area contributed by atoms with Crippen LogP contribution >= 0.6 is 0 Å². The van der Waals surface area contributed by atoms with Gasteiger partial charge in [0.25, 0.3) is 0 Å². The number of likely N-dealkylation sites (tertiary alicyclic amines) is 1. The molecule has 1 N–H and O–H groups in total. The molecule has 0 spiro atoms. The molecule has 4 aromatic rings. The molecular formula is C30H32N4O2. The Hall–Kier alpha value is -3.90. The number of ether oxygens (including phenoxy) is 2. The number of aromatic nitrogens is 2. The first-order valence-electron chi connectivity index (χ1n) is 12.4. The average molecular weight is 481 g/mol. The standard InChI is InChI=1S/C30H32N4O2/c1-35-25-12-10-23(11-13-25)29-27-15-14-26(36-2)21-28(27)30(33-32-29)31-24-16-19-34(20-17-24)18-6-9-22-7-4-3-5-8-22/h3-15,21,24H,16-20H2,1-2H3,(H,31,33). The van der Waals surface area contributed by atoms with Crippen LogP contribution in [0.5, 0.6) is 11.5 Å². The second-order valence-corrected chi connectivity index (χ2v) is 9.07. The van der Waals surface area contributed by atoms with Crippen LogP contribution in [-0.4, -0.2) is 55.0 Å². The van der Waals surface area contributed by atoms with Crippen LogP contribution in [0.25, 0.3) is 28.1 Å². The molecular weight excluding hydrogens is 448 g/mol. The smallest absolute Gasteiger partial charge is 0.156 e. The summed E-state index contributed by atoms with van der Waals surface area (Å²) < 4.78 is 10.8. The van der Waals surface area contributed by atoms with Gasteiger partial charge in [-0.3, -0.25) is 4.90 Å². The first kappa shape index (κ1) is 23.8. The molecule has 1 aliphatic heterocycles. The quantitative estimate of drug-likeness (QED) is 0.339. The lowest BCUT2D eigenvalue weighted by Crippen LogP contribution is -2.39. The Bertz CT molecular complexity index is 1310. The van der Waals surface area contributed by atoms with Crippen molar-refractivity contribution in [1.29, 1.82) is 0 Å². The van der Waals surface area contributed by atoms with E-state index in [1.807, 2.05) is 42.5 Å². The molecule has 36 heavy (non-hydrogen) atoms. The van der Waals surface area contributed by atoms with Crippen molar-refractivity contribution in [2.24, 2.45) is 0 Å². The van der Waals surface area contributed by atoms with Crippen LogP contribution in [-0.2, 0) is 0 Å². The van der Waals surface area contributed by atoms with Crippen molar-refractivity contribution in [1.82, 2.24) is 15.1 Å². The van der Waals surface area contributed by atoms with Crippen LogP contribution in [0.2, 0.25) is 0 Å². The zero-order valence-electron chi connectivity index (χ0n) is 20.9. The van der Waals surface area contributed by atoms with Crippen molar-refractivity contribution in [3.8, 4) is 22.8 Å². The second kappa shape index (κ2) is 11.2. The molecule has 1 aromatic heterocycles. The van der Waals surface area contributed by atoms with Crippen LogP contribution in [0.15, 0.2) is 78.9 Å². The van der Waals surface area contributed by atoms with E-state index in [4.69, 9.17) is 9.47 Å². The SMILES string of the molecule is COc1ccc(-c2nnc(NC3CCN(CC=Cc4ccccc4)CC3)c3cc(OC)ccc23)cc1. The number of methoxy groups -OCH3 is 2. The topological polar surface area (TPSA) is 59.5 Å². The first-order valence-corrected chi connectivity index (χ1v) is 12.4. The number of anilines is 1. The van der Waals surface area contributed by atoms with Gasteiger partial charge < -0.3 is 14.8 Å². The number of hydrogen-bond donors (Lipinski definition) is 1. The fourth-order valence-electron chi connectivity index (χ4n) is 4.68. The number of piperidine rings is 1. The number of rotatable bonds is 8. The zero-order valence-corrected chi connectivity index (χ0v) is 20.9. The van der Waals surface area contributed by atoms with E-state index >= 15 is 0 Å². The lowest BCUT2D eigenvalue weighted by atomic mass is 10.0. The third-order valence-electron chi connectivity index (χ3n) is 6.75. The van der Waals surface area contributed by atoms with E-state index in [9.17, 15) is 0 Å². The Balaban J connectivity index is 1.29. The lowest BCUT2D eigenvalue weighted by molar-refractivity contribution is 0.240. The molecule has 6 nitrogen and oxygen atoms in total. The van der Waals surface area contributed by atoms with Gasteiger partial charge in [-0.05, 0) is 60.9 Å². The molecule has 0 aliphatic carbocycles. The van der Waals surface area contributed by atoms with E-state index in [2.05, 4.69) is 62.9 Å². The zero-order chi connectivity index (χ0) is 24.7. The van der Waals surface area contributed by atoms with Crippen LogP contribution < -0.4 is 14.8 Å². The molecule has 0 unspecified atom stereocenters. The largest absolute Gasteiger partial charge is 0.497 e. The minimum Gasteiger partial charge on any atom is -0.497 e. The van der Waals surface area contributed by atoms with Gasteiger partial charge >= 0.3 is 0 Å². The molecule has 2 heterocycles. The monoisotopic (exact) mass is 480 g/mol. The molecule has 0 saturated carbocycles. The van der Waals surface area contributed by atoms with E-state index in [1.165, 1.54) is 5.56 Å². The first-order chi connectivity index (χ1) is 17.7. The van der Waals surface area contributed by atoms with Crippen LogP contribution in [0, 0.1) is 0 Å². The molecule has 3 aromatic carbocycles. The molecule has 1 aliphatic rings. The molecule has 1 fully saturated rings. The van der Waals surface area contributed by atoms with E-state index < -0.39 is 0 Å². The third-order valence-corrected chi connectivity index (χ3v) is 6.75. The summed E-state index contributed by atoms with van der Waals surface area (Å²) in [6, 6.07) is 24.8. The van der Waals surface area contributed by atoms with Gasteiger partial charge in [0.1, 0.15) is 17.2 Å². The van der Waals surface area contributed by atoms with Crippen LogP contribution in [0.4, 0.5) is 5.82 Å². The van der Waals surface area contributed by atoms with Crippen molar-refractivity contribution in [2.75, 3.05) is 39.2 Å². The van der Waals surface area contributed by atoms with Gasteiger partial charge in [-0.2, -0.15) is 0 Å². The predicted molar refractivity (Wildman–Crippen MR) is 147 cm³/mol. The fourth-order valence-corrected chi connectivity index (χ4v) is 4.68. The van der Waals surface area contributed by atoms with Gasteiger partial charge in [0.05, 0.1) is 14.2 Å². The Labute approximate surface area is 212 Å². The number of benzene rings is 3. The lowest BCUT2D eigenvalue weighted by Gasteiger charge is -2.32. The number of fused-ring (bicyclic) bond motifs is 1.